The van der Waals surface area contributed by atoms with Crippen LogP contribution in [0.5, 0.6) is 0 Å². The number of aliphatic hydroxyl groups excluding tert-OH is 1. The van der Waals surface area contributed by atoms with Crippen LogP contribution in [0, 0.1) is 23.2 Å². The van der Waals surface area contributed by atoms with E-state index in [0.29, 0.717) is 17.9 Å². The number of nitrogens with one attached hydrogen (secondary N) is 1. The Morgan fingerprint density at radius 1 is 1.27 bits per heavy atom. The largest absolute Gasteiger partial charge is 0.480 e. The van der Waals surface area contributed by atoms with E-state index in [9.17, 15) is 15.0 Å². The zero-order valence-electron chi connectivity index (χ0n) is 18.7. The van der Waals surface area contributed by atoms with Crippen LogP contribution in [0.1, 0.15) is 52.4 Å². The van der Waals surface area contributed by atoms with E-state index in [1.54, 1.807) is 0 Å². The molecular formula is C23H38N2O5. The van der Waals surface area contributed by atoms with Gasteiger partial charge in [-0.05, 0) is 64.0 Å². The highest BCUT2D eigenvalue weighted by atomic mass is 16.5. The first-order chi connectivity index (χ1) is 14.3. The first-order valence-corrected chi connectivity index (χ1v) is 11.8. The van der Waals surface area contributed by atoms with Crippen molar-refractivity contribution < 1.29 is 24.5 Å². The molecule has 5 unspecified atom stereocenters. The van der Waals surface area contributed by atoms with Crippen LogP contribution >= 0.6 is 0 Å². The lowest BCUT2D eigenvalue weighted by molar-refractivity contribution is -0.269. The van der Waals surface area contributed by atoms with Crippen molar-refractivity contribution >= 4 is 5.97 Å². The molecule has 3 saturated carbocycles. The molecule has 2 aliphatic heterocycles. The molecular weight excluding hydrogens is 384 g/mol. The molecule has 3 aliphatic carbocycles. The van der Waals surface area contributed by atoms with Gasteiger partial charge in [0.05, 0.1) is 23.9 Å². The number of likely N-dealkylation sites (tertiary alicyclic amines) is 1. The van der Waals surface area contributed by atoms with E-state index in [2.05, 4.69) is 17.3 Å². The molecule has 10 atom stereocenters. The Morgan fingerprint density at radius 3 is 2.70 bits per heavy atom. The third-order valence-corrected chi connectivity index (χ3v) is 9.63. The number of hydrogen-bond donors (Lipinski definition) is 3. The summed E-state index contributed by atoms with van der Waals surface area (Å²) in [5.41, 5.74) is -0.448. The summed E-state index contributed by atoms with van der Waals surface area (Å²) in [6.45, 7) is 4.90. The van der Waals surface area contributed by atoms with Gasteiger partial charge in [-0.2, -0.15) is 0 Å². The number of aliphatic hydroxyl groups is 1. The van der Waals surface area contributed by atoms with Crippen molar-refractivity contribution in [3.8, 4) is 0 Å². The number of ether oxygens (including phenoxy) is 2. The summed E-state index contributed by atoms with van der Waals surface area (Å²) >= 11 is 0. The predicted octanol–water partition coefficient (Wildman–Crippen LogP) is 1.48. The molecule has 7 nitrogen and oxygen atoms in total. The summed E-state index contributed by atoms with van der Waals surface area (Å²) in [5, 5.41) is 24.2. The third-order valence-electron chi connectivity index (χ3n) is 9.63. The lowest BCUT2D eigenvalue weighted by Crippen LogP contribution is -2.78. The second-order valence-corrected chi connectivity index (χ2v) is 10.9. The van der Waals surface area contributed by atoms with Crippen LogP contribution in [0.2, 0.25) is 0 Å². The molecule has 2 bridgehead atoms. The molecule has 0 amide bonds. The van der Waals surface area contributed by atoms with Gasteiger partial charge in [-0.25, -0.2) is 0 Å². The number of likely N-dealkylation sites (N-methyl/N-ethyl adjacent to an activating group) is 1. The van der Waals surface area contributed by atoms with E-state index in [-0.39, 0.29) is 35.2 Å². The Kier molecular flexibility index (Phi) is 5.03. The molecule has 7 heteroatoms. The van der Waals surface area contributed by atoms with Gasteiger partial charge in [-0.15, -0.1) is 0 Å². The zero-order valence-corrected chi connectivity index (χ0v) is 18.7. The Labute approximate surface area is 179 Å². The smallest absolute Gasteiger partial charge is 0.320 e. The molecule has 2 saturated heterocycles. The standard InChI is InChI=1S/C23H38N2O5/c1-12(2)18(21(27)28)24-14-7-8-23(29-4)16-11-13-5-6-15(26)19-17(13)22(23,20(14)30-19)9-10-25(16)3/h12-20,24,26H,5-11H2,1-4H3,(H,27,28)/t13?,14-,15?,16?,17?,18+,19?,20-,22-,23+/m0/s1. The lowest BCUT2D eigenvalue weighted by atomic mass is 9.42. The highest BCUT2D eigenvalue weighted by molar-refractivity contribution is 5.73. The molecule has 5 aliphatic rings. The van der Waals surface area contributed by atoms with Crippen LogP contribution in [0.4, 0.5) is 0 Å². The fourth-order valence-electron chi connectivity index (χ4n) is 8.51. The van der Waals surface area contributed by atoms with Crippen molar-refractivity contribution in [3.63, 3.8) is 0 Å². The van der Waals surface area contributed by atoms with Gasteiger partial charge in [0.1, 0.15) is 6.04 Å². The number of aliphatic carboxylic acids is 1. The second kappa shape index (κ2) is 7.14. The third kappa shape index (κ3) is 2.53. The zero-order chi connectivity index (χ0) is 21.4. The maximum Gasteiger partial charge on any atom is 0.320 e. The van der Waals surface area contributed by atoms with Gasteiger partial charge in [0, 0.05) is 30.5 Å². The molecule has 3 N–H and O–H groups in total. The van der Waals surface area contributed by atoms with Gasteiger partial charge >= 0.3 is 5.97 Å². The van der Waals surface area contributed by atoms with Crippen LogP contribution in [0.15, 0.2) is 0 Å². The number of hydrogen-bond acceptors (Lipinski definition) is 6. The van der Waals surface area contributed by atoms with E-state index in [0.717, 1.165) is 45.1 Å². The molecule has 5 rings (SSSR count). The van der Waals surface area contributed by atoms with Gasteiger partial charge in [-0.1, -0.05) is 13.8 Å². The average molecular weight is 423 g/mol. The van der Waals surface area contributed by atoms with Crippen molar-refractivity contribution in [1.29, 1.82) is 0 Å². The van der Waals surface area contributed by atoms with E-state index >= 15 is 0 Å². The average Bonchev–Trinajstić information content (AvgIpc) is 3.06. The fourth-order valence-corrected chi connectivity index (χ4v) is 8.51. The number of rotatable bonds is 5. The Bertz CT molecular complexity index is 703. The number of carboxylic acids is 1. The number of piperidine rings is 1. The molecule has 0 aromatic rings. The molecule has 170 valence electrons. The Hall–Kier alpha value is -0.730. The predicted molar refractivity (Wildman–Crippen MR) is 111 cm³/mol. The SMILES string of the molecule is CO[C@]12CC[C@H](N[C@@H](C(=O)O)C(C)C)[C@@H]3OC4C(O)CCC5CC1N(C)CC[C@]32C54. The summed E-state index contributed by atoms with van der Waals surface area (Å²) in [6.07, 6.45) is 4.98. The molecule has 2 heterocycles. The minimum absolute atomic E-state index is 0.00674. The summed E-state index contributed by atoms with van der Waals surface area (Å²) in [6, 6.07) is -0.268. The van der Waals surface area contributed by atoms with Crippen molar-refractivity contribution in [2.75, 3.05) is 20.7 Å². The summed E-state index contributed by atoms with van der Waals surface area (Å²) in [7, 11) is 4.09. The minimum atomic E-state index is -0.802. The van der Waals surface area contributed by atoms with E-state index in [1.807, 2.05) is 21.0 Å². The highest BCUT2D eigenvalue weighted by Gasteiger charge is 2.78. The molecule has 5 fully saturated rings. The summed E-state index contributed by atoms with van der Waals surface area (Å²) in [4.78, 5) is 14.4. The summed E-state index contributed by atoms with van der Waals surface area (Å²) in [5.74, 6) is 0.0265. The van der Waals surface area contributed by atoms with Crippen molar-refractivity contribution in [2.45, 2.75) is 94.4 Å². The normalized spacial score (nSPS) is 50.9. The Morgan fingerprint density at radius 2 is 2.03 bits per heavy atom. The van der Waals surface area contributed by atoms with Gasteiger partial charge in [0.25, 0.3) is 0 Å². The van der Waals surface area contributed by atoms with Crippen LogP contribution in [0.3, 0.4) is 0 Å². The number of nitrogens with zero attached hydrogens (tertiary/aromatic N) is 1. The van der Waals surface area contributed by atoms with Crippen LogP contribution in [-0.4, -0.2) is 83.8 Å². The van der Waals surface area contributed by atoms with Crippen molar-refractivity contribution in [1.82, 2.24) is 10.2 Å². The van der Waals surface area contributed by atoms with Gasteiger partial charge in [0.2, 0.25) is 0 Å². The molecule has 1 spiro atoms. The van der Waals surface area contributed by atoms with Gasteiger partial charge in [0.15, 0.2) is 0 Å². The minimum Gasteiger partial charge on any atom is -0.480 e. The van der Waals surface area contributed by atoms with Crippen LogP contribution in [0.25, 0.3) is 0 Å². The number of carboxylic acid groups (broad SMARTS) is 1. The van der Waals surface area contributed by atoms with E-state index in [4.69, 9.17) is 9.47 Å². The topological polar surface area (TPSA) is 91.3 Å². The van der Waals surface area contributed by atoms with E-state index < -0.39 is 18.1 Å². The molecule has 0 aromatic heterocycles. The second-order valence-electron chi connectivity index (χ2n) is 10.9. The Balaban J connectivity index is 1.59. The molecule has 30 heavy (non-hydrogen) atoms. The van der Waals surface area contributed by atoms with Crippen molar-refractivity contribution in [2.24, 2.45) is 23.2 Å². The van der Waals surface area contributed by atoms with E-state index in [1.165, 1.54) is 0 Å². The highest BCUT2D eigenvalue weighted by Crippen LogP contribution is 2.70. The van der Waals surface area contributed by atoms with Gasteiger partial charge in [-0.3, -0.25) is 10.1 Å². The van der Waals surface area contributed by atoms with Gasteiger partial charge < -0.3 is 24.6 Å². The monoisotopic (exact) mass is 422 g/mol. The summed E-state index contributed by atoms with van der Waals surface area (Å²) < 4.78 is 13.3. The fraction of sp³-hybridized carbons (Fsp3) is 0.957. The quantitative estimate of drug-likeness (QED) is 0.618. The first-order valence-electron chi connectivity index (χ1n) is 11.8. The van der Waals surface area contributed by atoms with Crippen LogP contribution < -0.4 is 5.32 Å². The number of carbonyl (C=O) groups is 1. The lowest BCUT2D eigenvalue weighted by Gasteiger charge is -2.69. The maximum absolute atomic E-state index is 11.9. The molecule has 0 radical (unpaired) electrons. The first kappa shape index (κ1) is 21.1. The maximum atomic E-state index is 11.9. The molecule has 0 aromatic carbocycles. The number of methoxy groups -OCH3 is 1. The van der Waals surface area contributed by atoms with Crippen molar-refractivity contribution in [3.05, 3.63) is 0 Å². The van der Waals surface area contributed by atoms with Crippen LogP contribution in [-0.2, 0) is 14.3 Å².